The lowest BCUT2D eigenvalue weighted by Gasteiger charge is -2.16. The molecule has 0 radical (unpaired) electrons. The van der Waals surface area contributed by atoms with Crippen LogP contribution in [0.25, 0.3) is 0 Å². The van der Waals surface area contributed by atoms with Crippen molar-refractivity contribution in [2.24, 2.45) is 7.05 Å². The summed E-state index contributed by atoms with van der Waals surface area (Å²) in [5, 5.41) is 7.42. The second-order valence-electron chi connectivity index (χ2n) is 6.26. The molecule has 25 heavy (non-hydrogen) atoms. The van der Waals surface area contributed by atoms with Crippen LogP contribution < -0.4 is 5.32 Å². The van der Waals surface area contributed by atoms with Gasteiger partial charge in [0.25, 0.3) is 5.91 Å². The van der Waals surface area contributed by atoms with Gasteiger partial charge >= 0.3 is 5.97 Å². The zero-order chi connectivity index (χ0) is 18.6. The van der Waals surface area contributed by atoms with Crippen LogP contribution in [0.4, 0.5) is 0 Å². The summed E-state index contributed by atoms with van der Waals surface area (Å²) in [7, 11) is 3.25. The molecule has 0 bridgehead atoms. The highest BCUT2D eigenvalue weighted by Gasteiger charge is 2.18. The monoisotopic (exact) mass is 343 g/mol. The van der Waals surface area contributed by atoms with Crippen LogP contribution >= 0.6 is 0 Å². The van der Waals surface area contributed by atoms with Gasteiger partial charge in [0.1, 0.15) is 0 Å². The standard InChI is InChI=1S/C19H25N3O3/c1-12(10-17-13(2)21-22(4)14(17)3)20-19(24)16-9-7-6-8-15(16)11-18(23)25-5/h6-9,12H,10-11H2,1-5H3,(H,20,24). The predicted molar refractivity (Wildman–Crippen MR) is 95.5 cm³/mol. The van der Waals surface area contributed by atoms with E-state index in [1.54, 1.807) is 24.3 Å². The Labute approximate surface area is 148 Å². The van der Waals surface area contributed by atoms with Gasteiger partial charge in [0, 0.05) is 24.3 Å². The highest BCUT2D eigenvalue weighted by molar-refractivity contribution is 5.96. The van der Waals surface area contributed by atoms with Crippen LogP contribution in [0.15, 0.2) is 24.3 Å². The van der Waals surface area contributed by atoms with Crippen molar-refractivity contribution in [2.45, 2.75) is 39.7 Å². The van der Waals surface area contributed by atoms with Crippen molar-refractivity contribution in [3.05, 3.63) is 52.3 Å². The molecule has 0 aliphatic carbocycles. The molecule has 1 atom stereocenters. The van der Waals surface area contributed by atoms with E-state index in [9.17, 15) is 9.59 Å². The Balaban J connectivity index is 2.10. The fourth-order valence-electron chi connectivity index (χ4n) is 2.90. The molecule has 1 amide bonds. The zero-order valence-electron chi connectivity index (χ0n) is 15.4. The third-order valence-electron chi connectivity index (χ3n) is 4.37. The summed E-state index contributed by atoms with van der Waals surface area (Å²) < 4.78 is 6.55. The topological polar surface area (TPSA) is 73.2 Å². The lowest BCUT2D eigenvalue weighted by molar-refractivity contribution is -0.139. The van der Waals surface area contributed by atoms with Crippen molar-refractivity contribution in [1.29, 1.82) is 0 Å². The number of amides is 1. The van der Waals surface area contributed by atoms with Gasteiger partial charge in [-0.2, -0.15) is 5.10 Å². The molecular formula is C19H25N3O3. The number of ether oxygens (including phenoxy) is 1. The summed E-state index contributed by atoms with van der Waals surface area (Å²) in [4.78, 5) is 24.2. The Bertz CT molecular complexity index is 780. The Hall–Kier alpha value is -2.63. The number of hydrogen-bond acceptors (Lipinski definition) is 4. The second kappa shape index (κ2) is 7.96. The maximum Gasteiger partial charge on any atom is 0.310 e. The van der Waals surface area contributed by atoms with Crippen molar-refractivity contribution in [3.63, 3.8) is 0 Å². The first kappa shape index (κ1) is 18.7. The molecule has 1 N–H and O–H groups in total. The van der Waals surface area contributed by atoms with Gasteiger partial charge in [0.05, 0.1) is 19.2 Å². The van der Waals surface area contributed by atoms with Crippen LogP contribution in [-0.2, 0) is 29.4 Å². The summed E-state index contributed by atoms with van der Waals surface area (Å²) >= 11 is 0. The van der Waals surface area contributed by atoms with Gasteiger partial charge in [-0.25, -0.2) is 0 Å². The molecule has 1 heterocycles. The van der Waals surface area contributed by atoms with Gasteiger partial charge in [0.2, 0.25) is 0 Å². The number of aromatic nitrogens is 2. The highest BCUT2D eigenvalue weighted by atomic mass is 16.5. The van der Waals surface area contributed by atoms with E-state index in [1.165, 1.54) is 7.11 Å². The number of esters is 1. The number of methoxy groups -OCH3 is 1. The van der Waals surface area contributed by atoms with Crippen molar-refractivity contribution >= 4 is 11.9 Å². The molecular weight excluding hydrogens is 318 g/mol. The number of carbonyl (C=O) groups is 2. The fraction of sp³-hybridized carbons (Fsp3) is 0.421. The quantitative estimate of drug-likeness (QED) is 0.816. The smallest absolute Gasteiger partial charge is 0.310 e. The Morgan fingerprint density at radius 3 is 2.56 bits per heavy atom. The van der Waals surface area contributed by atoms with Gasteiger partial charge in [-0.05, 0) is 44.4 Å². The van der Waals surface area contributed by atoms with Crippen LogP contribution in [0.2, 0.25) is 0 Å². The predicted octanol–water partition coefficient (Wildman–Crippen LogP) is 2.11. The summed E-state index contributed by atoms with van der Waals surface area (Å²) in [6.07, 6.45) is 0.783. The van der Waals surface area contributed by atoms with Crippen molar-refractivity contribution in [3.8, 4) is 0 Å². The van der Waals surface area contributed by atoms with Gasteiger partial charge in [-0.1, -0.05) is 18.2 Å². The Morgan fingerprint density at radius 2 is 1.96 bits per heavy atom. The molecule has 1 aromatic heterocycles. The number of nitrogens with zero attached hydrogens (tertiary/aromatic N) is 2. The molecule has 2 aromatic rings. The Morgan fingerprint density at radius 1 is 1.28 bits per heavy atom. The maximum atomic E-state index is 12.6. The lowest BCUT2D eigenvalue weighted by Crippen LogP contribution is -2.35. The van der Waals surface area contributed by atoms with E-state index in [4.69, 9.17) is 4.74 Å². The van der Waals surface area contributed by atoms with Gasteiger partial charge < -0.3 is 10.1 Å². The SMILES string of the molecule is COC(=O)Cc1ccccc1C(=O)NC(C)Cc1c(C)nn(C)c1C. The molecule has 0 saturated heterocycles. The average molecular weight is 343 g/mol. The number of benzene rings is 1. The molecule has 0 saturated carbocycles. The Kier molecular flexibility index (Phi) is 5.96. The number of aryl methyl sites for hydroxylation is 2. The molecule has 0 aliphatic rings. The first-order chi connectivity index (χ1) is 11.8. The third-order valence-corrected chi connectivity index (χ3v) is 4.37. The van der Waals surface area contributed by atoms with Gasteiger partial charge in [-0.3, -0.25) is 14.3 Å². The van der Waals surface area contributed by atoms with E-state index in [0.29, 0.717) is 17.5 Å². The summed E-state index contributed by atoms with van der Waals surface area (Å²) in [6.45, 7) is 5.96. The molecule has 1 aromatic carbocycles. The molecule has 0 aliphatic heterocycles. The number of nitrogens with one attached hydrogen (secondary N) is 1. The lowest BCUT2D eigenvalue weighted by atomic mass is 10.0. The highest BCUT2D eigenvalue weighted by Crippen LogP contribution is 2.15. The molecule has 0 spiro atoms. The maximum absolute atomic E-state index is 12.6. The molecule has 1 unspecified atom stereocenters. The van der Waals surface area contributed by atoms with E-state index < -0.39 is 0 Å². The van der Waals surface area contributed by atoms with Crippen molar-refractivity contribution < 1.29 is 14.3 Å². The largest absolute Gasteiger partial charge is 0.469 e. The van der Waals surface area contributed by atoms with Crippen molar-refractivity contribution in [2.75, 3.05) is 7.11 Å². The minimum absolute atomic E-state index is 0.0553. The average Bonchev–Trinajstić information content (AvgIpc) is 2.81. The van der Waals surface area contributed by atoms with Crippen LogP contribution in [0.5, 0.6) is 0 Å². The first-order valence-electron chi connectivity index (χ1n) is 8.28. The molecule has 0 fully saturated rings. The van der Waals surface area contributed by atoms with Crippen LogP contribution in [0, 0.1) is 13.8 Å². The minimum Gasteiger partial charge on any atom is -0.469 e. The fourth-order valence-corrected chi connectivity index (χ4v) is 2.90. The van der Waals surface area contributed by atoms with E-state index in [2.05, 4.69) is 10.4 Å². The molecule has 134 valence electrons. The molecule has 2 rings (SSSR count). The van der Waals surface area contributed by atoms with Crippen LogP contribution in [0.3, 0.4) is 0 Å². The van der Waals surface area contributed by atoms with Crippen LogP contribution in [0.1, 0.15) is 39.8 Å². The van der Waals surface area contributed by atoms with Crippen LogP contribution in [-0.4, -0.2) is 34.8 Å². The van der Waals surface area contributed by atoms with E-state index in [-0.39, 0.29) is 24.3 Å². The van der Waals surface area contributed by atoms with E-state index in [1.807, 2.05) is 32.5 Å². The third kappa shape index (κ3) is 4.47. The molecule has 6 heteroatoms. The first-order valence-corrected chi connectivity index (χ1v) is 8.28. The minimum atomic E-state index is -0.366. The number of carbonyl (C=O) groups excluding carboxylic acids is 2. The zero-order valence-corrected chi connectivity index (χ0v) is 15.4. The summed E-state index contributed by atoms with van der Waals surface area (Å²) in [5.41, 5.74) is 4.39. The number of hydrogen-bond donors (Lipinski definition) is 1. The summed E-state index contributed by atoms with van der Waals surface area (Å²) in [6, 6.07) is 7.03. The van der Waals surface area contributed by atoms with Gasteiger partial charge in [0.15, 0.2) is 0 Å². The van der Waals surface area contributed by atoms with Crippen molar-refractivity contribution in [1.82, 2.24) is 15.1 Å². The normalized spacial score (nSPS) is 11.9. The van der Waals surface area contributed by atoms with Gasteiger partial charge in [-0.15, -0.1) is 0 Å². The van der Waals surface area contributed by atoms with E-state index in [0.717, 1.165) is 17.0 Å². The second-order valence-corrected chi connectivity index (χ2v) is 6.26. The molecule has 6 nitrogen and oxygen atoms in total. The number of rotatable bonds is 6. The van der Waals surface area contributed by atoms with E-state index >= 15 is 0 Å². The summed E-state index contributed by atoms with van der Waals surface area (Å²) in [5.74, 6) is -0.555.